The fourth-order valence-electron chi connectivity index (χ4n) is 2.61. The number of halogens is 1. The van der Waals surface area contributed by atoms with Gasteiger partial charge in [-0.3, -0.25) is 4.79 Å². The monoisotopic (exact) mass is 396 g/mol. The van der Waals surface area contributed by atoms with Crippen molar-refractivity contribution in [2.75, 3.05) is 31.4 Å². The number of hydrogen-bond donors (Lipinski definition) is 2. The van der Waals surface area contributed by atoms with Gasteiger partial charge in [0.15, 0.2) is 5.82 Å². The van der Waals surface area contributed by atoms with Gasteiger partial charge in [0.05, 0.1) is 14.2 Å². The van der Waals surface area contributed by atoms with Gasteiger partial charge in [0.25, 0.3) is 5.91 Å². The molecule has 1 heterocycles. The van der Waals surface area contributed by atoms with E-state index in [2.05, 4.69) is 20.8 Å². The molecule has 0 aliphatic heterocycles. The van der Waals surface area contributed by atoms with Gasteiger partial charge in [0.1, 0.15) is 23.1 Å². The van der Waals surface area contributed by atoms with Crippen LogP contribution >= 0.6 is 0 Å². The molecule has 0 atom stereocenters. The molecule has 7 nitrogen and oxygen atoms in total. The molecule has 1 aromatic heterocycles. The zero-order chi connectivity index (χ0) is 20.6. The third-order valence-corrected chi connectivity index (χ3v) is 4.15. The van der Waals surface area contributed by atoms with Crippen LogP contribution in [0.5, 0.6) is 11.5 Å². The van der Waals surface area contributed by atoms with Gasteiger partial charge in [-0.15, -0.1) is 10.2 Å². The quantitative estimate of drug-likeness (QED) is 0.606. The number of hydrogen-bond acceptors (Lipinski definition) is 6. The number of anilines is 2. The first-order valence-corrected chi connectivity index (χ1v) is 8.94. The summed E-state index contributed by atoms with van der Waals surface area (Å²) in [4.78, 5) is 12.5. The summed E-state index contributed by atoms with van der Waals surface area (Å²) >= 11 is 0. The number of rotatable bonds is 8. The molecule has 2 aromatic carbocycles. The maximum Gasteiger partial charge on any atom is 0.257 e. The number of benzene rings is 2. The molecule has 150 valence electrons. The summed E-state index contributed by atoms with van der Waals surface area (Å²) in [5.74, 6) is 1.32. The Balaban J connectivity index is 1.56. The first-order valence-electron chi connectivity index (χ1n) is 8.94. The number of aromatic nitrogens is 2. The van der Waals surface area contributed by atoms with E-state index in [1.165, 1.54) is 26.4 Å². The van der Waals surface area contributed by atoms with E-state index in [0.717, 1.165) is 12.0 Å². The van der Waals surface area contributed by atoms with Crippen LogP contribution in [-0.2, 0) is 6.42 Å². The first kappa shape index (κ1) is 20.1. The van der Waals surface area contributed by atoms with E-state index in [0.29, 0.717) is 35.2 Å². The third-order valence-electron chi connectivity index (χ3n) is 4.15. The number of carbonyl (C=O) groups excluding carboxylic acids is 1. The van der Waals surface area contributed by atoms with Crippen molar-refractivity contribution in [1.29, 1.82) is 0 Å². The van der Waals surface area contributed by atoms with E-state index in [9.17, 15) is 9.18 Å². The molecule has 0 saturated heterocycles. The molecule has 1 amide bonds. The lowest BCUT2D eigenvalue weighted by atomic mass is 10.1. The molecule has 0 fully saturated rings. The number of amides is 1. The Morgan fingerprint density at radius 3 is 2.14 bits per heavy atom. The SMILES string of the molecule is COc1cc(OC)cc(C(=O)Nc2ccc(NCCc3ccc(F)cc3)nn2)c1. The molecule has 8 heteroatoms. The summed E-state index contributed by atoms with van der Waals surface area (Å²) in [6.45, 7) is 0.621. The topological polar surface area (TPSA) is 85.4 Å². The molecule has 0 spiro atoms. The van der Waals surface area contributed by atoms with Gasteiger partial charge < -0.3 is 20.1 Å². The molecule has 29 heavy (non-hydrogen) atoms. The maximum atomic E-state index is 12.9. The van der Waals surface area contributed by atoms with E-state index in [4.69, 9.17) is 9.47 Å². The predicted molar refractivity (Wildman–Crippen MR) is 108 cm³/mol. The summed E-state index contributed by atoms with van der Waals surface area (Å²) in [6.07, 6.45) is 0.720. The van der Waals surface area contributed by atoms with Crippen molar-refractivity contribution in [3.63, 3.8) is 0 Å². The van der Waals surface area contributed by atoms with Crippen molar-refractivity contribution in [1.82, 2.24) is 10.2 Å². The van der Waals surface area contributed by atoms with Gasteiger partial charge in [-0.1, -0.05) is 12.1 Å². The molecule has 0 unspecified atom stereocenters. The highest BCUT2D eigenvalue weighted by molar-refractivity contribution is 6.04. The van der Waals surface area contributed by atoms with Gasteiger partial charge in [-0.2, -0.15) is 0 Å². The summed E-state index contributed by atoms with van der Waals surface area (Å²) < 4.78 is 23.3. The highest BCUT2D eigenvalue weighted by atomic mass is 19.1. The molecule has 0 radical (unpaired) electrons. The second kappa shape index (κ2) is 9.50. The van der Waals surface area contributed by atoms with Crippen LogP contribution in [0.4, 0.5) is 16.0 Å². The van der Waals surface area contributed by atoms with Crippen LogP contribution in [-0.4, -0.2) is 36.9 Å². The number of methoxy groups -OCH3 is 2. The summed E-state index contributed by atoms with van der Waals surface area (Å²) in [5, 5.41) is 13.9. The van der Waals surface area contributed by atoms with E-state index in [-0.39, 0.29) is 11.7 Å². The number of nitrogens with one attached hydrogen (secondary N) is 2. The molecule has 2 N–H and O–H groups in total. The van der Waals surface area contributed by atoms with Crippen molar-refractivity contribution < 1.29 is 18.7 Å². The molecular weight excluding hydrogens is 375 g/mol. The number of ether oxygens (including phenoxy) is 2. The van der Waals surface area contributed by atoms with Crippen LogP contribution in [0.15, 0.2) is 54.6 Å². The van der Waals surface area contributed by atoms with Gasteiger partial charge in [-0.05, 0) is 48.4 Å². The average molecular weight is 396 g/mol. The van der Waals surface area contributed by atoms with E-state index >= 15 is 0 Å². The smallest absolute Gasteiger partial charge is 0.257 e. The first-order chi connectivity index (χ1) is 14.1. The molecule has 3 aromatic rings. The van der Waals surface area contributed by atoms with Gasteiger partial charge in [0, 0.05) is 18.2 Å². The van der Waals surface area contributed by atoms with Crippen LogP contribution in [0.1, 0.15) is 15.9 Å². The molecule has 0 aliphatic rings. The molecule has 3 rings (SSSR count). The third kappa shape index (κ3) is 5.65. The minimum atomic E-state index is -0.353. The highest BCUT2D eigenvalue weighted by Crippen LogP contribution is 2.23. The standard InChI is InChI=1S/C21H21FN4O3/c1-28-17-11-15(12-18(13-17)29-2)21(27)24-20-8-7-19(25-26-20)23-10-9-14-3-5-16(22)6-4-14/h3-8,11-13H,9-10H2,1-2H3,(H,23,25)(H,24,26,27). The van der Waals surface area contributed by atoms with Crippen molar-refractivity contribution in [2.24, 2.45) is 0 Å². The van der Waals surface area contributed by atoms with E-state index in [1.807, 2.05) is 0 Å². The number of nitrogens with zero attached hydrogens (tertiary/aromatic N) is 2. The second-order valence-electron chi connectivity index (χ2n) is 6.16. The van der Waals surface area contributed by atoms with Crippen LogP contribution in [0.25, 0.3) is 0 Å². The van der Waals surface area contributed by atoms with E-state index < -0.39 is 0 Å². The Morgan fingerprint density at radius 1 is 0.931 bits per heavy atom. The molecule has 0 aliphatic carbocycles. The average Bonchev–Trinajstić information content (AvgIpc) is 2.76. The maximum absolute atomic E-state index is 12.9. The van der Waals surface area contributed by atoms with Crippen molar-refractivity contribution in [3.8, 4) is 11.5 Å². The highest BCUT2D eigenvalue weighted by Gasteiger charge is 2.11. The normalized spacial score (nSPS) is 10.3. The van der Waals surface area contributed by atoms with Gasteiger partial charge in [-0.25, -0.2) is 4.39 Å². The Morgan fingerprint density at radius 2 is 1.55 bits per heavy atom. The molecular formula is C21H21FN4O3. The zero-order valence-corrected chi connectivity index (χ0v) is 16.1. The van der Waals surface area contributed by atoms with Crippen LogP contribution in [0.2, 0.25) is 0 Å². The fourth-order valence-corrected chi connectivity index (χ4v) is 2.61. The Labute approximate surface area is 167 Å². The molecule has 0 saturated carbocycles. The predicted octanol–water partition coefficient (Wildman–Crippen LogP) is 3.54. The summed E-state index contributed by atoms with van der Waals surface area (Å²) in [6, 6.07) is 14.6. The van der Waals surface area contributed by atoms with Crippen molar-refractivity contribution in [3.05, 3.63) is 71.5 Å². The lowest BCUT2D eigenvalue weighted by molar-refractivity contribution is 0.102. The van der Waals surface area contributed by atoms with Crippen molar-refractivity contribution >= 4 is 17.5 Å². The fraction of sp³-hybridized carbons (Fsp3) is 0.190. The Kier molecular flexibility index (Phi) is 6.57. The zero-order valence-electron chi connectivity index (χ0n) is 16.1. The van der Waals surface area contributed by atoms with Gasteiger partial charge in [0.2, 0.25) is 0 Å². The minimum Gasteiger partial charge on any atom is -0.497 e. The van der Waals surface area contributed by atoms with Crippen molar-refractivity contribution in [2.45, 2.75) is 6.42 Å². The Hall–Kier alpha value is -3.68. The lowest BCUT2D eigenvalue weighted by Gasteiger charge is -2.09. The largest absolute Gasteiger partial charge is 0.497 e. The number of carbonyl (C=O) groups is 1. The van der Waals surface area contributed by atoms with Crippen LogP contribution in [0.3, 0.4) is 0 Å². The summed E-state index contributed by atoms with van der Waals surface area (Å²) in [5.41, 5.74) is 1.40. The summed E-state index contributed by atoms with van der Waals surface area (Å²) in [7, 11) is 3.04. The lowest BCUT2D eigenvalue weighted by Crippen LogP contribution is -2.14. The minimum absolute atomic E-state index is 0.252. The molecule has 0 bridgehead atoms. The Bertz CT molecular complexity index is 940. The second-order valence-corrected chi connectivity index (χ2v) is 6.16. The van der Waals surface area contributed by atoms with Crippen LogP contribution in [0, 0.1) is 5.82 Å². The van der Waals surface area contributed by atoms with Crippen LogP contribution < -0.4 is 20.1 Å². The van der Waals surface area contributed by atoms with Gasteiger partial charge >= 0.3 is 0 Å². The van der Waals surface area contributed by atoms with E-state index in [1.54, 1.807) is 42.5 Å².